The van der Waals surface area contributed by atoms with Gasteiger partial charge in [0.15, 0.2) is 0 Å². The van der Waals surface area contributed by atoms with Gasteiger partial charge in [-0.15, -0.1) is 11.8 Å². The number of hydrogen-bond acceptors (Lipinski definition) is 2. The van der Waals surface area contributed by atoms with Crippen molar-refractivity contribution in [3.63, 3.8) is 0 Å². The molecule has 2 rings (SSSR count). The second-order valence-electron chi connectivity index (χ2n) is 4.10. The summed E-state index contributed by atoms with van der Waals surface area (Å²) in [7, 11) is 0. The van der Waals surface area contributed by atoms with Crippen LogP contribution in [0.15, 0.2) is 41.3 Å². The van der Waals surface area contributed by atoms with Gasteiger partial charge in [-0.05, 0) is 31.9 Å². The van der Waals surface area contributed by atoms with Gasteiger partial charge in [-0.3, -0.25) is 4.79 Å². The van der Waals surface area contributed by atoms with E-state index in [1.54, 1.807) is 0 Å². The number of hydrogen-bond donors (Lipinski definition) is 1. The van der Waals surface area contributed by atoms with Crippen LogP contribution in [-0.2, 0) is 4.79 Å². The van der Waals surface area contributed by atoms with E-state index in [1.807, 2.05) is 43.3 Å². The van der Waals surface area contributed by atoms with Crippen LogP contribution in [0.5, 0.6) is 0 Å². The van der Waals surface area contributed by atoms with Crippen molar-refractivity contribution >= 4 is 17.7 Å². The first-order valence-corrected chi connectivity index (χ1v) is 6.08. The first-order chi connectivity index (χ1) is 7.62. The normalized spacial score (nSPS) is 17.6. The predicted octanol–water partition coefficient (Wildman–Crippen LogP) is 3.26. The minimum absolute atomic E-state index is 0.612. The lowest BCUT2D eigenvalue weighted by Gasteiger charge is -2.23. The van der Waals surface area contributed by atoms with Gasteiger partial charge in [0.1, 0.15) is 4.75 Å². The van der Waals surface area contributed by atoms with E-state index in [0.717, 1.165) is 10.5 Å². The Hall–Kier alpha value is -1.22. The summed E-state index contributed by atoms with van der Waals surface area (Å²) in [4.78, 5) is 12.4. The van der Waals surface area contributed by atoms with E-state index in [-0.39, 0.29) is 0 Å². The van der Waals surface area contributed by atoms with Gasteiger partial charge in [-0.25, -0.2) is 0 Å². The molecule has 16 heavy (non-hydrogen) atoms. The molecular formula is C13H14O2S. The number of rotatable bonds is 3. The highest BCUT2D eigenvalue weighted by molar-refractivity contribution is 8.01. The summed E-state index contributed by atoms with van der Waals surface area (Å²) in [5.74, 6) is -0.719. The zero-order chi connectivity index (χ0) is 11.6. The number of carbonyl (C=O) groups is 1. The molecule has 0 unspecified atom stereocenters. The molecule has 0 radical (unpaired) electrons. The molecule has 0 aromatic heterocycles. The Balaban J connectivity index is 2.22. The van der Waals surface area contributed by atoms with Crippen LogP contribution in [0.3, 0.4) is 0 Å². The van der Waals surface area contributed by atoms with E-state index >= 15 is 0 Å². The zero-order valence-electron chi connectivity index (χ0n) is 9.14. The molecule has 3 heteroatoms. The number of thioether (sulfide) groups is 1. The maximum absolute atomic E-state index is 11.4. The zero-order valence-corrected chi connectivity index (χ0v) is 9.96. The highest BCUT2D eigenvalue weighted by Crippen LogP contribution is 2.42. The van der Waals surface area contributed by atoms with E-state index in [0.29, 0.717) is 12.8 Å². The van der Waals surface area contributed by atoms with E-state index in [1.165, 1.54) is 11.8 Å². The third-order valence-corrected chi connectivity index (χ3v) is 4.14. The molecule has 84 valence electrons. The molecule has 0 fully saturated rings. The fraction of sp³-hybridized carbons (Fsp3) is 0.308. The Morgan fingerprint density at radius 1 is 1.38 bits per heavy atom. The Morgan fingerprint density at radius 2 is 2.06 bits per heavy atom. The lowest BCUT2D eigenvalue weighted by molar-refractivity contribution is -0.139. The summed E-state index contributed by atoms with van der Waals surface area (Å²) in [5, 5.41) is 9.33. The number of allylic oxidation sites excluding steroid dienone is 2. The molecule has 0 amide bonds. The molecule has 0 saturated carbocycles. The molecule has 1 aliphatic carbocycles. The fourth-order valence-corrected chi connectivity index (χ4v) is 3.13. The van der Waals surface area contributed by atoms with Gasteiger partial charge in [0.25, 0.3) is 0 Å². The third kappa shape index (κ3) is 2.14. The molecule has 1 aromatic carbocycles. The van der Waals surface area contributed by atoms with Gasteiger partial charge >= 0.3 is 5.97 Å². The molecule has 1 N–H and O–H groups in total. The largest absolute Gasteiger partial charge is 0.480 e. The number of benzene rings is 1. The first-order valence-electron chi connectivity index (χ1n) is 5.26. The van der Waals surface area contributed by atoms with Crippen LogP contribution < -0.4 is 0 Å². The van der Waals surface area contributed by atoms with Gasteiger partial charge < -0.3 is 5.11 Å². The second-order valence-corrected chi connectivity index (χ2v) is 5.55. The van der Waals surface area contributed by atoms with Crippen molar-refractivity contribution < 1.29 is 9.90 Å². The summed E-state index contributed by atoms with van der Waals surface area (Å²) in [5.41, 5.74) is 1.16. The van der Waals surface area contributed by atoms with Crippen LogP contribution in [0, 0.1) is 6.92 Å². The Labute approximate surface area is 99.4 Å². The summed E-state index contributed by atoms with van der Waals surface area (Å²) in [6.07, 6.45) is 5.13. The topological polar surface area (TPSA) is 37.3 Å². The number of aliphatic carboxylic acids is 1. The third-order valence-electron chi connectivity index (χ3n) is 2.75. The fourth-order valence-electron chi connectivity index (χ4n) is 1.84. The summed E-state index contributed by atoms with van der Waals surface area (Å²) in [6.45, 7) is 2.02. The van der Waals surface area contributed by atoms with Gasteiger partial charge in [0, 0.05) is 4.90 Å². The van der Waals surface area contributed by atoms with Crippen LogP contribution in [0.1, 0.15) is 18.4 Å². The van der Waals surface area contributed by atoms with Gasteiger partial charge in [-0.2, -0.15) is 0 Å². The average molecular weight is 234 g/mol. The SMILES string of the molecule is Cc1cccc(SC2(C(=O)O)CC=CC2)c1. The maximum atomic E-state index is 11.4. The van der Waals surface area contributed by atoms with E-state index in [2.05, 4.69) is 0 Å². The van der Waals surface area contributed by atoms with Crippen LogP contribution in [0.25, 0.3) is 0 Å². The van der Waals surface area contributed by atoms with Crippen molar-refractivity contribution in [2.24, 2.45) is 0 Å². The molecule has 1 aliphatic rings. The molecule has 0 heterocycles. The van der Waals surface area contributed by atoms with Crippen LogP contribution in [0.4, 0.5) is 0 Å². The smallest absolute Gasteiger partial charge is 0.320 e. The van der Waals surface area contributed by atoms with E-state index < -0.39 is 10.7 Å². The molecule has 2 nitrogen and oxygen atoms in total. The van der Waals surface area contributed by atoms with Gasteiger partial charge in [0.2, 0.25) is 0 Å². The van der Waals surface area contributed by atoms with Crippen molar-refractivity contribution in [3.8, 4) is 0 Å². The van der Waals surface area contributed by atoms with Crippen molar-refractivity contribution in [1.29, 1.82) is 0 Å². The number of carboxylic acid groups (broad SMARTS) is 1. The molecule has 0 saturated heterocycles. The highest BCUT2D eigenvalue weighted by Gasteiger charge is 2.40. The summed E-state index contributed by atoms with van der Waals surface area (Å²) < 4.78 is -0.687. The first kappa shape index (κ1) is 11.3. The summed E-state index contributed by atoms with van der Waals surface area (Å²) >= 11 is 1.46. The standard InChI is InChI=1S/C13H14O2S/c1-10-5-4-6-11(9-10)16-13(12(14)15)7-2-3-8-13/h2-6,9H,7-8H2,1H3,(H,14,15). The number of aryl methyl sites for hydroxylation is 1. The summed E-state index contributed by atoms with van der Waals surface area (Å²) in [6, 6.07) is 7.99. The average Bonchev–Trinajstić information content (AvgIpc) is 2.67. The maximum Gasteiger partial charge on any atom is 0.320 e. The quantitative estimate of drug-likeness (QED) is 0.816. The Morgan fingerprint density at radius 3 is 2.62 bits per heavy atom. The van der Waals surface area contributed by atoms with Gasteiger partial charge in [-0.1, -0.05) is 29.8 Å². The van der Waals surface area contributed by atoms with Crippen molar-refractivity contribution in [2.45, 2.75) is 29.4 Å². The molecule has 0 aliphatic heterocycles. The number of carboxylic acids is 1. The lowest BCUT2D eigenvalue weighted by Crippen LogP contribution is -2.31. The minimum atomic E-state index is -0.719. The second kappa shape index (κ2) is 4.34. The Bertz CT molecular complexity index is 429. The lowest BCUT2D eigenvalue weighted by atomic mass is 10.1. The van der Waals surface area contributed by atoms with E-state index in [9.17, 15) is 9.90 Å². The van der Waals surface area contributed by atoms with Gasteiger partial charge in [0.05, 0.1) is 0 Å². The molecule has 0 bridgehead atoms. The van der Waals surface area contributed by atoms with Crippen LogP contribution in [-0.4, -0.2) is 15.8 Å². The molecular weight excluding hydrogens is 220 g/mol. The molecule has 0 atom stereocenters. The van der Waals surface area contributed by atoms with Crippen molar-refractivity contribution in [2.75, 3.05) is 0 Å². The molecule has 1 aromatic rings. The predicted molar refractivity (Wildman–Crippen MR) is 65.8 cm³/mol. The highest BCUT2D eigenvalue weighted by atomic mass is 32.2. The Kier molecular flexibility index (Phi) is 3.06. The van der Waals surface area contributed by atoms with E-state index in [4.69, 9.17) is 0 Å². The monoisotopic (exact) mass is 234 g/mol. The van der Waals surface area contributed by atoms with Crippen molar-refractivity contribution in [1.82, 2.24) is 0 Å². The molecule has 0 spiro atoms. The van der Waals surface area contributed by atoms with Crippen LogP contribution in [0.2, 0.25) is 0 Å². The van der Waals surface area contributed by atoms with Crippen LogP contribution >= 0.6 is 11.8 Å². The van der Waals surface area contributed by atoms with Crippen molar-refractivity contribution in [3.05, 3.63) is 42.0 Å². The minimum Gasteiger partial charge on any atom is -0.480 e.